The van der Waals surface area contributed by atoms with Crippen molar-refractivity contribution in [2.75, 3.05) is 11.9 Å². The number of ether oxygens (including phenoxy) is 1. The smallest absolute Gasteiger partial charge is 0.337 e. The average molecular weight is 502 g/mol. The molecule has 0 aliphatic heterocycles. The van der Waals surface area contributed by atoms with Crippen molar-refractivity contribution in [2.45, 2.75) is 6.92 Å². The van der Waals surface area contributed by atoms with Gasteiger partial charge in [0.1, 0.15) is 5.75 Å². The van der Waals surface area contributed by atoms with Crippen LogP contribution in [0.5, 0.6) is 5.75 Å². The molecule has 9 heteroatoms. The van der Waals surface area contributed by atoms with Crippen molar-refractivity contribution in [2.24, 2.45) is 0 Å². The summed E-state index contributed by atoms with van der Waals surface area (Å²) in [6, 6.07) is 9.57. The van der Waals surface area contributed by atoms with Gasteiger partial charge in [0.25, 0.3) is 5.91 Å². The number of aromatic carboxylic acids is 1. The number of rotatable bonds is 5. The lowest BCUT2D eigenvalue weighted by molar-refractivity contribution is 0.0697. The topological polar surface area (TPSA) is 87.7 Å². The zero-order chi connectivity index (χ0) is 19.3. The zero-order valence-corrected chi connectivity index (χ0v) is 17.5. The Morgan fingerprint density at radius 3 is 2.54 bits per heavy atom. The normalized spacial score (nSPS) is 10.1. The molecule has 0 atom stereocenters. The van der Waals surface area contributed by atoms with Crippen LogP contribution in [0.4, 0.5) is 5.69 Å². The number of carbonyl (C=O) groups is 2. The predicted molar refractivity (Wildman–Crippen MR) is 110 cm³/mol. The molecule has 3 N–H and O–H groups in total. The second-order valence-corrected chi connectivity index (χ2v) is 7.16. The first kappa shape index (κ1) is 20.3. The molecule has 0 saturated heterocycles. The average Bonchev–Trinajstić information content (AvgIpc) is 2.58. The van der Waals surface area contributed by atoms with Crippen LogP contribution in [0.15, 0.2) is 45.3 Å². The fourth-order valence-corrected chi connectivity index (χ4v) is 3.10. The largest absolute Gasteiger partial charge is 0.493 e. The molecule has 6 nitrogen and oxygen atoms in total. The van der Waals surface area contributed by atoms with Gasteiger partial charge < -0.3 is 15.2 Å². The lowest BCUT2D eigenvalue weighted by Crippen LogP contribution is -2.34. The number of nitrogens with one attached hydrogen (secondary N) is 2. The Labute approximate surface area is 172 Å². The van der Waals surface area contributed by atoms with E-state index in [0.29, 0.717) is 26.9 Å². The van der Waals surface area contributed by atoms with Gasteiger partial charge in [0.2, 0.25) is 0 Å². The maximum atomic E-state index is 12.3. The van der Waals surface area contributed by atoms with E-state index in [4.69, 9.17) is 17.0 Å². The first-order valence-corrected chi connectivity index (χ1v) is 9.38. The molecular formula is C17H14Br2N2O4S. The van der Waals surface area contributed by atoms with Crippen LogP contribution in [0.3, 0.4) is 0 Å². The number of carboxylic acid groups (broad SMARTS) is 1. The number of carbonyl (C=O) groups excluding carboxylic acids is 1. The molecule has 1 amide bonds. The van der Waals surface area contributed by atoms with Crippen molar-refractivity contribution >= 4 is 66.8 Å². The number of amides is 1. The highest BCUT2D eigenvalue weighted by Crippen LogP contribution is 2.26. The molecule has 0 aliphatic rings. The van der Waals surface area contributed by atoms with Crippen LogP contribution in [-0.4, -0.2) is 28.7 Å². The van der Waals surface area contributed by atoms with Crippen molar-refractivity contribution in [3.8, 4) is 5.75 Å². The van der Waals surface area contributed by atoms with E-state index in [1.807, 2.05) is 6.92 Å². The van der Waals surface area contributed by atoms with Gasteiger partial charge in [0.15, 0.2) is 5.11 Å². The highest BCUT2D eigenvalue weighted by Gasteiger charge is 2.14. The van der Waals surface area contributed by atoms with Crippen LogP contribution in [0.1, 0.15) is 27.6 Å². The molecule has 26 heavy (non-hydrogen) atoms. The van der Waals surface area contributed by atoms with E-state index in [2.05, 4.69) is 42.5 Å². The number of carboxylic acids is 1. The standard InChI is InChI=1S/C17H14Br2N2O4S/c1-2-25-14-6-3-9(7-12(14)19)15(22)21-17(26)20-13-5-4-10(18)8-11(13)16(23)24/h3-8H,2H2,1H3,(H,23,24)(H2,20,21,22,26). The molecular weight excluding hydrogens is 488 g/mol. The summed E-state index contributed by atoms with van der Waals surface area (Å²) in [4.78, 5) is 23.6. The molecule has 136 valence electrons. The van der Waals surface area contributed by atoms with Gasteiger partial charge in [-0.15, -0.1) is 0 Å². The fraction of sp³-hybridized carbons (Fsp3) is 0.118. The maximum Gasteiger partial charge on any atom is 0.337 e. The Bertz CT molecular complexity index is 874. The zero-order valence-electron chi connectivity index (χ0n) is 13.5. The molecule has 0 radical (unpaired) electrons. The van der Waals surface area contributed by atoms with Gasteiger partial charge in [-0.05, 0) is 71.5 Å². The molecule has 2 aromatic carbocycles. The second-order valence-electron chi connectivity index (χ2n) is 4.98. The molecule has 2 aromatic rings. The summed E-state index contributed by atoms with van der Waals surface area (Å²) in [5, 5.41) is 14.5. The quantitative estimate of drug-likeness (QED) is 0.525. The van der Waals surface area contributed by atoms with E-state index in [9.17, 15) is 14.7 Å². The highest BCUT2D eigenvalue weighted by atomic mass is 79.9. The molecule has 0 aliphatic carbocycles. The van der Waals surface area contributed by atoms with Gasteiger partial charge in [-0.3, -0.25) is 10.1 Å². The Morgan fingerprint density at radius 1 is 1.19 bits per heavy atom. The van der Waals surface area contributed by atoms with E-state index in [0.717, 1.165) is 0 Å². The summed E-state index contributed by atoms with van der Waals surface area (Å²) >= 11 is 11.7. The van der Waals surface area contributed by atoms with Crippen LogP contribution in [0.25, 0.3) is 0 Å². The van der Waals surface area contributed by atoms with Crippen LogP contribution >= 0.6 is 44.1 Å². The van der Waals surface area contributed by atoms with Gasteiger partial charge in [-0.25, -0.2) is 4.79 Å². The first-order chi connectivity index (χ1) is 12.3. The molecule has 0 unspecified atom stereocenters. The minimum atomic E-state index is -1.11. The lowest BCUT2D eigenvalue weighted by atomic mass is 10.2. The van der Waals surface area contributed by atoms with E-state index in [1.165, 1.54) is 6.07 Å². The Balaban J connectivity index is 2.10. The summed E-state index contributed by atoms with van der Waals surface area (Å²) in [5.74, 6) is -0.913. The van der Waals surface area contributed by atoms with Gasteiger partial charge in [0, 0.05) is 10.0 Å². The number of hydrogen-bond donors (Lipinski definition) is 3. The maximum absolute atomic E-state index is 12.3. The van der Waals surface area contributed by atoms with Gasteiger partial charge in [-0.1, -0.05) is 15.9 Å². The molecule has 0 aromatic heterocycles. The monoisotopic (exact) mass is 500 g/mol. The summed E-state index contributed by atoms with van der Waals surface area (Å²) in [7, 11) is 0. The number of benzene rings is 2. The number of halogens is 2. The van der Waals surface area contributed by atoms with Gasteiger partial charge >= 0.3 is 5.97 Å². The van der Waals surface area contributed by atoms with E-state index < -0.39 is 11.9 Å². The van der Waals surface area contributed by atoms with Crippen molar-refractivity contribution in [1.29, 1.82) is 0 Å². The number of thiocarbonyl (C=S) groups is 1. The van der Waals surface area contributed by atoms with Crippen molar-refractivity contribution in [3.63, 3.8) is 0 Å². The predicted octanol–water partition coefficient (Wildman–Crippen LogP) is 4.44. The third-order valence-corrected chi connectivity index (χ3v) is 4.50. The fourth-order valence-electron chi connectivity index (χ4n) is 2.05. The highest BCUT2D eigenvalue weighted by molar-refractivity contribution is 9.10. The first-order valence-electron chi connectivity index (χ1n) is 7.39. The van der Waals surface area contributed by atoms with E-state index in [1.54, 1.807) is 30.3 Å². The SMILES string of the molecule is CCOc1ccc(C(=O)NC(=S)Nc2ccc(Br)cc2C(=O)O)cc1Br. The molecule has 0 saturated carbocycles. The minimum absolute atomic E-state index is 0.00942. The van der Waals surface area contributed by atoms with Crippen LogP contribution in [0, 0.1) is 0 Å². The van der Waals surface area contributed by atoms with E-state index in [-0.39, 0.29) is 16.4 Å². The number of hydrogen-bond acceptors (Lipinski definition) is 4. The molecule has 0 bridgehead atoms. The molecule has 2 rings (SSSR count). The lowest BCUT2D eigenvalue weighted by Gasteiger charge is -2.13. The summed E-state index contributed by atoms with van der Waals surface area (Å²) in [6.45, 7) is 2.38. The van der Waals surface area contributed by atoms with Gasteiger partial charge in [0.05, 0.1) is 22.3 Å². The molecule has 0 spiro atoms. The third-order valence-electron chi connectivity index (χ3n) is 3.18. The Hall–Kier alpha value is -1.97. The Kier molecular flexibility index (Phi) is 7.13. The Morgan fingerprint density at radius 2 is 1.92 bits per heavy atom. The summed E-state index contributed by atoms with van der Waals surface area (Å²) in [6.07, 6.45) is 0. The summed E-state index contributed by atoms with van der Waals surface area (Å²) < 4.78 is 6.67. The van der Waals surface area contributed by atoms with Crippen molar-refractivity contribution in [3.05, 3.63) is 56.5 Å². The van der Waals surface area contributed by atoms with Crippen LogP contribution < -0.4 is 15.4 Å². The third kappa shape index (κ3) is 5.26. The van der Waals surface area contributed by atoms with Gasteiger partial charge in [-0.2, -0.15) is 0 Å². The van der Waals surface area contributed by atoms with Crippen LogP contribution in [-0.2, 0) is 0 Å². The molecule has 0 fully saturated rings. The van der Waals surface area contributed by atoms with Crippen LogP contribution in [0.2, 0.25) is 0 Å². The molecule has 0 heterocycles. The second kappa shape index (κ2) is 9.11. The number of anilines is 1. The van der Waals surface area contributed by atoms with Crippen molar-refractivity contribution < 1.29 is 19.4 Å². The minimum Gasteiger partial charge on any atom is -0.493 e. The van der Waals surface area contributed by atoms with E-state index >= 15 is 0 Å². The van der Waals surface area contributed by atoms with Crippen molar-refractivity contribution in [1.82, 2.24) is 5.32 Å². The summed E-state index contributed by atoms with van der Waals surface area (Å²) in [5.41, 5.74) is 0.678.